The zero-order chi connectivity index (χ0) is 14.0. The summed E-state index contributed by atoms with van der Waals surface area (Å²) in [6.07, 6.45) is 0. The van der Waals surface area contributed by atoms with Gasteiger partial charge in [-0.3, -0.25) is 9.80 Å². The van der Waals surface area contributed by atoms with Crippen LogP contribution in [0.5, 0.6) is 0 Å². The van der Waals surface area contributed by atoms with Gasteiger partial charge in [0.1, 0.15) is 5.82 Å². The second-order valence-corrected chi connectivity index (χ2v) is 6.25. The lowest BCUT2D eigenvalue weighted by Gasteiger charge is -2.42. The molecule has 0 aromatic heterocycles. The summed E-state index contributed by atoms with van der Waals surface area (Å²) in [6.45, 7) is 11.6. The molecule has 0 atom stereocenters. The second kappa shape index (κ2) is 5.47. The van der Waals surface area contributed by atoms with Crippen LogP contribution in [0.2, 0.25) is 0 Å². The van der Waals surface area contributed by atoms with Gasteiger partial charge in [-0.15, -0.1) is 0 Å². The molecule has 4 heteroatoms. The fraction of sp³-hybridized carbons (Fsp3) is 0.600. The van der Waals surface area contributed by atoms with E-state index in [0.29, 0.717) is 5.69 Å². The number of nitrogens with two attached hydrogens (primary N) is 1. The average molecular weight is 265 g/mol. The monoisotopic (exact) mass is 265 g/mol. The molecular weight excluding hydrogens is 241 g/mol. The zero-order valence-electron chi connectivity index (χ0n) is 12.1. The third-order valence-electron chi connectivity index (χ3n) is 3.86. The molecule has 0 amide bonds. The predicted octanol–water partition coefficient (Wildman–Crippen LogP) is 2.32. The largest absolute Gasteiger partial charge is 0.396 e. The van der Waals surface area contributed by atoms with Crippen LogP contribution in [-0.4, -0.2) is 41.5 Å². The normalized spacial score (nSPS) is 18.7. The van der Waals surface area contributed by atoms with E-state index in [1.165, 1.54) is 6.07 Å². The van der Waals surface area contributed by atoms with Crippen molar-refractivity contribution >= 4 is 5.69 Å². The Hall–Kier alpha value is -1.13. The molecule has 0 radical (unpaired) electrons. The van der Waals surface area contributed by atoms with Crippen LogP contribution in [0.15, 0.2) is 18.2 Å². The molecule has 0 bridgehead atoms. The smallest absolute Gasteiger partial charge is 0.146 e. The van der Waals surface area contributed by atoms with E-state index in [1.54, 1.807) is 6.07 Å². The first-order valence-electron chi connectivity index (χ1n) is 6.88. The summed E-state index contributed by atoms with van der Waals surface area (Å²) in [7, 11) is 0. The fourth-order valence-electron chi connectivity index (χ4n) is 2.54. The van der Waals surface area contributed by atoms with E-state index in [-0.39, 0.29) is 11.4 Å². The molecule has 106 valence electrons. The lowest BCUT2D eigenvalue weighted by molar-refractivity contribution is 0.0591. The maximum atomic E-state index is 13.4. The van der Waals surface area contributed by atoms with Gasteiger partial charge in [-0.25, -0.2) is 4.39 Å². The SMILES string of the molecule is CC(C)(C)N1CCN(Cc2cccc(F)c2N)CC1. The molecule has 2 rings (SSSR count). The highest BCUT2D eigenvalue weighted by molar-refractivity contribution is 5.47. The summed E-state index contributed by atoms with van der Waals surface area (Å²) in [5.74, 6) is -0.314. The average Bonchev–Trinajstić information content (AvgIpc) is 2.35. The van der Waals surface area contributed by atoms with Crippen LogP contribution >= 0.6 is 0 Å². The van der Waals surface area contributed by atoms with Crippen LogP contribution in [-0.2, 0) is 6.54 Å². The number of rotatable bonds is 2. The maximum Gasteiger partial charge on any atom is 0.146 e. The minimum atomic E-state index is -0.314. The van der Waals surface area contributed by atoms with Crippen LogP contribution in [0.3, 0.4) is 0 Å². The van der Waals surface area contributed by atoms with Crippen molar-refractivity contribution in [3.8, 4) is 0 Å². The van der Waals surface area contributed by atoms with Crippen LogP contribution < -0.4 is 5.73 Å². The first kappa shape index (κ1) is 14.3. The number of benzene rings is 1. The minimum Gasteiger partial charge on any atom is -0.396 e. The maximum absolute atomic E-state index is 13.4. The molecule has 1 aromatic rings. The van der Waals surface area contributed by atoms with Crippen LogP contribution in [0.25, 0.3) is 0 Å². The van der Waals surface area contributed by atoms with E-state index in [1.807, 2.05) is 6.07 Å². The summed E-state index contributed by atoms with van der Waals surface area (Å²) in [5.41, 5.74) is 7.20. The molecule has 2 N–H and O–H groups in total. The summed E-state index contributed by atoms with van der Waals surface area (Å²) in [6, 6.07) is 5.05. The van der Waals surface area contributed by atoms with Gasteiger partial charge in [0, 0.05) is 38.3 Å². The van der Waals surface area contributed by atoms with E-state index in [9.17, 15) is 4.39 Å². The number of nitrogen functional groups attached to an aromatic ring is 1. The Morgan fingerprint density at radius 2 is 1.79 bits per heavy atom. The Morgan fingerprint density at radius 1 is 1.16 bits per heavy atom. The van der Waals surface area contributed by atoms with Crippen molar-refractivity contribution in [1.82, 2.24) is 9.80 Å². The Labute approximate surface area is 115 Å². The number of anilines is 1. The van der Waals surface area contributed by atoms with Crippen molar-refractivity contribution in [2.75, 3.05) is 31.9 Å². The van der Waals surface area contributed by atoms with Crippen LogP contribution in [0, 0.1) is 5.82 Å². The minimum absolute atomic E-state index is 0.226. The van der Waals surface area contributed by atoms with Crippen molar-refractivity contribution in [2.45, 2.75) is 32.9 Å². The quantitative estimate of drug-likeness (QED) is 0.833. The molecule has 1 fully saturated rings. The van der Waals surface area contributed by atoms with Crippen molar-refractivity contribution in [2.24, 2.45) is 0 Å². The number of para-hydroxylation sites is 1. The molecule has 0 unspecified atom stereocenters. The van der Waals surface area contributed by atoms with Crippen molar-refractivity contribution in [1.29, 1.82) is 0 Å². The zero-order valence-corrected chi connectivity index (χ0v) is 12.1. The highest BCUT2D eigenvalue weighted by Gasteiger charge is 2.25. The lowest BCUT2D eigenvalue weighted by atomic mass is 10.0. The molecule has 0 spiro atoms. The Bertz CT molecular complexity index is 432. The van der Waals surface area contributed by atoms with Gasteiger partial charge >= 0.3 is 0 Å². The summed E-state index contributed by atoms with van der Waals surface area (Å²) in [4.78, 5) is 4.83. The van der Waals surface area contributed by atoms with Crippen molar-refractivity contribution in [3.63, 3.8) is 0 Å². The van der Waals surface area contributed by atoms with Crippen molar-refractivity contribution in [3.05, 3.63) is 29.6 Å². The van der Waals surface area contributed by atoms with Gasteiger partial charge in [-0.1, -0.05) is 12.1 Å². The fourth-order valence-corrected chi connectivity index (χ4v) is 2.54. The number of halogens is 1. The van der Waals surface area contributed by atoms with E-state index in [0.717, 1.165) is 38.3 Å². The first-order valence-corrected chi connectivity index (χ1v) is 6.88. The lowest BCUT2D eigenvalue weighted by Crippen LogP contribution is -2.53. The molecular formula is C15H24FN3. The molecule has 0 saturated carbocycles. The Morgan fingerprint density at radius 3 is 2.37 bits per heavy atom. The van der Waals surface area contributed by atoms with E-state index >= 15 is 0 Å². The number of nitrogens with zero attached hydrogens (tertiary/aromatic N) is 2. The highest BCUT2D eigenvalue weighted by atomic mass is 19.1. The Balaban J connectivity index is 1.94. The van der Waals surface area contributed by atoms with Gasteiger partial charge in [0.15, 0.2) is 0 Å². The number of hydrogen-bond acceptors (Lipinski definition) is 3. The molecule has 1 aliphatic heterocycles. The van der Waals surface area contributed by atoms with E-state index in [2.05, 4.69) is 30.6 Å². The van der Waals surface area contributed by atoms with Gasteiger partial charge in [-0.05, 0) is 32.4 Å². The topological polar surface area (TPSA) is 32.5 Å². The third kappa shape index (κ3) is 3.45. The third-order valence-corrected chi connectivity index (χ3v) is 3.86. The Kier molecular flexibility index (Phi) is 4.11. The van der Waals surface area contributed by atoms with Crippen molar-refractivity contribution < 1.29 is 4.39 Å². The summed E-state index contributed by atoms with van der Waals surface area (Å²) in [5, 5.41) is 0. The molecule has 1 saturated heterocycles. The molecule has 1 aromatic carbocycles. The van der Waals surface area contributed by atoms with E-state index in [4.69, 9.17) is 5.73 Å². The standard InChI is InChI=1S/C15H24FN3/c1-15(2,3)19-9-7-18(8-10-19)11-12-5-4-6-13(16)14(12)17/h4-6H,7-11,17H2,1-3H3. The van der Waals surface area contributed by atoms with Gasteiger partial charge in [-0.2, -0.15) is 0 Å². The van der Waals surface area contributed by atoms with Gasteiger partial charge in [0.2, 0.25) is 0 Å². The molecule has 19 heavy (non-hydrogen) atoms. The number of piperazine rings is 1. The van der Waals surface area contributed by atoms with Gasteiger partial charge in [0.05, 0.1) is 5.69 Å². The summed E-state index contributed by atoms with van der Waals surface area (Å²) >= 11 is 0. The molecule has 1 aliphatic rings. The molecule has 3 nitrogen and oxygen atoms in total. The molecule has 1 heterocycles. The van der Waals surface area contributed by atoms with Gasteiger partial charge < -0.3 is 5.73 Å². The van der Waals surface area contributed by atoms with Crippen LogP contribution in [0.4, 0.5) is 10.1 Å². The van der Waals surface area contributed by atoms with E-state index < -0.39 is 0 Å². The van der Waals surface area contributed by atoms with Crippen LogP contribution in [0.1, 0.15) is 26.3 Å². The first-order chi connectivity index (χ1) is 8.88. The molecule has 0 aliphatic carbocycles. The highest BCUT2D eigenvalue weighted by Crippen LogP contribution is 2.20. The summed E-state index contributed by atoms with van der Waals surface area (Å²) < 4.78 is 13.4. The number of hydrogen-bond donors (Lipinski definition) is 1. The van der Waals surface area contributed by atoms with Gasteiger partial charge in [0.25, 0.3) is 0 Å². The predicted molar refractivity (Wildman–Crippen MR) is 77.4 cm³/mol. The second-order valence-electron chi connectivity index (χ2n) is 6.25.